The Hall–Kier alpha value is -4.83. The Morgan fingerprint density at radius 1 is 0.815 bits per heavy atom. The highest BCUT2D eigenvalue weighted by atomic mass is 16.2. The molecule has 54 heavy (non-hydrogen) atoms. The standard InChI is InChI=1S/C38H56N10O6/c1-3-24(2)32(44-33(49)27(39)20-25-12-5-4-6-13-25)38(54)48-18-10-8-15-31(48)37(53)47-17-9-7-14-29(47)34(50)43-28(21-26-22-41-23-42-26)36(52)46-19-11-16-30(46)35(51)45-40/h4-6,12-13,22-24,27-32H,3,7-11,14-21,39-40H2,1-2H3,(H,41,42)(H,43,50)(H,44,49)(H,45,51)/t24?,27-,28+,29+,30+,31-,32+/m1/s1. The van der Waals surface area contributed by atoms with Crippen molar-refractivity contribution in [3.05, 3.63) is 54.1 Å². The van der Waals surface area contributed by atoms with Gasteiger partial charge in [-0.05, 0) is 69.3 Å². The highest BCUT2D eigenvalue weighted by Crippen LogP contribution is 2.27. The Morgan fingerprint density at radius 2 is 1.44 bits per heavy atom. The molecule has 16 heteroatoms. The molecule has 8 N–H and O–H groups in total. The van der Waals surface area contributed by atoms with Gasteiger partial charge >= 0.3 is 0 Å². The molecule has 3 aliphatic heterocycles. The molecule has 0 bridgehead atoms. The summed E-state index contributed by atoms with van der Waals surface area (Å²) in [5, 5.41) is 5.84. The van der Waals surface area contributed by atoms with Crippen LogP contribution in [0.1, 0.15) is 82.9 Å². The second kappa shape index (κ2) is 19.0. The Balaban J connectivity index is 1.32. The van der Waals surface area contributed by atoms with Crippen molar-refractivity contribution in [2.24, 2.45) is 17.5 Å². The zero-order valence-electron chi connectivity index (χ0n) is 31.4. The summed E-state index contributed by atoms with van der Waals surface area (Å²) >= 11 is 0. The first-order valence-corrected chi connectivity index (χ1v) is 19.3. The van der Waals surface area contributed by atoms with Crippen molar-refractivity contribution in [1.82, 2.24) is 40.7 Å². The Bertz CT molecular complexity index is 1610. The summed E-state index contributed by atoms with van der Waals surface area (Å²) in [6.45, 7) is 4.83. The first kappa shape index (κ1) is 40.4. The van der Waals surface area contributed by atoms with Gasteiger partial charge in [-0.3, -0.25) is 34.2 Å². The number of carbonyl (C=O) groups is 6. The molecule has 2 aromatic rings. The van der Waals surface area contributed by atoms with E-state index in [1.165, 1.54) is 11.2 Å². The van der Waals surface area contributed by atoms with Crippen LogP contribution in [0.3, 0.4) is 0 Å². The van der Waals surface area contributed by atoms with Crippen molar-refractivity contribution in [3.63, 3.8) is 0 Å². The largest absolute Gasteiger partial charge is 0.348 e. The first-order chi connectivity index (χ1) is 26.0. The minimum absolute atomic E-state index is 0.0985. The molecule has 1 unspecified atom stereocenters. The van der Waals surface area contributed by atoms with Crippen LogP contribution in [0.25, 0.3) is 0 Å². The molecule has 6 amide bonds. The second-order valence-electron chi connectivity index (χ2n) is 14.8. The van der Waals surface area contributed by atoms with E-state index in [9.17, 15) is 28.8 Å². The Kier molecular flexibility index (Phi) is 14.2. The Labute approximate surface area is 316 Å². The molecule has 3 saturated heterocycles. The molecule has 4 heterocycles. The molecular formula is C38H56N10O6. The van der Waals surface area contributed by atoms with E-state index in [2.05, 4.69) is 26.0 Å². The number of carbonyl (C=O) groups excluding carboxylic acids is 6. The number of imidazole rings is 1. The van der Waals surface area contributed by atoms with Gasteiger partial charge in [-0.2, -0.15) is 0 Å². The zero-order chi connectivity index (χ0) is 38.8. The molecule has 5 rings (SSSR count). The van der Waals surface area contributed by atoms with Crippen LogP contribution in [-0.4, -0.2) is 116 Å². The number of nitrogens with zero attached hydrogens (tertiary/aromatic N) is 4. The number of piperidine rings is 2. The van der Waals surface area contributed by atoms with Crippen molar-refractivity contribution in [3.8, 4) is 0 Å². The maximum atomic E-state index is 14.5. The van der Waals surface area contributed by atoms with Gasteiger partial charge in [0.2, 0.25) is 29.5 Å². The fourth-order valence-corrected chi connectivity index (χ4v) is 7.88. The summed E-state index contributed by atoms with van der Waals surface area (Å²) in [4.78, 5) is 94.4. The highest BCUT2D eigenvalue weighted by Gasteiger charge is 2.44. The van der Waals surface area contributed by atoms with Crippen LogP contribution in [0, 0.1) is 5.92 Å². The van der Waals surface area contributed by atoms with Gasteiger partial charge < -0.3 is 36.1 Å². The van der Waals surface area contributed by atoms with Crippen LogP contribution in [0.15, 0.2) is 42.9 Å². The number of nitrogens with two attached hydrogens (primary N) is 2. The Morgan fingerprint density at radius 3 is 2.11 bits per heavy atom. The quantitative estimate of drug-likeness (QED) is 0.0885. The molecular weight excluding hydrogens is 692 g/mol. The molecule has 1 aromatic heterocycles. The molecule has 0 saturated carbocycles. The van der Waals surface area contributed by atoms with Crippen molar-refractivity contribution in [2.75, 3.05) is 19.6 Å². The number of hydrazine groups is 1. The predicted molar refractivity (Wildman–Crippen MR) is 199 cm³/mol. The van der Waals surface area contributed by atoms with Crippen LogP contribution in [0.5, 0.6) is 0 Å². The van der Waals surface area contributed by atoms with E-state index in [-0.39, 0.29) is 24.2 Å². The molecule has 7 atom stereocenters. The van der Waals surface area contributed by atoms with E-state index >= 15 is 0 Å². The minimum atomic E-state index is -1.04. The van der Waals surface area contributed by atoms with Gasteiger partial charge in [0.15, 0.2) is 0 Å². The van der Waals surface area contributed by atoms with Gasteiger partial charge in [-0.25, -0.2) is 10.8 Å². The fraction of sp³-hybridized carbons (Fsp3) is 0.605. The minimum Gasteiger partial charge on any atom is -0.348 e. The van der Waals surface area contributed by atoms with Crippen LogP contribution in [-0.2, 0) is 41.6 Å². The summed E-state index contributed by atoms with van der Waals surface area (Å²) < 4.78 is 0. The van der Waals surface area contributed by atoms with Gasteiger partial charge in [0.1, 0.15) is 30.2 Å². The van der Waals surface area contributed by atoms with Gasteiger partial charge in [0, 0.05) is 37.9 Å². The summed E-state index contributed by atoms with van der Waals surface area (Å²) in [5.41, 5.74) is 9.96. The lowest BCUT2D eigenvalue weighted by atomic mass is 9.92. The van der Waals surface area contributed by atoms with Crippen LogP contribution in [0.4, 0.5) is 0 Å². The third-order valence-electron chi connectivity index (χ3n) is 11.1. The summed E-state index contributed by atoms with van der Waals surface area (Å²) in [5.74, 6) is 2.68. The lowest BCUT2D eigenvalue weighted by Crippen LogP contribution is -2.63. The maximum absolute atomic E-state index is 14.5. The predicted octanol–water partition coefficient (Wildman–Crippen LogP) is 0.281. The number of hydrogen-bond acceptors (Lipinski definition) is 9. The number of aromatic amines is 1. The smallest absolute Gasteiger partial charge is 0.256 e. The lowest BCUT2D eigenvalue weighted by Gasteiger charge is -2.43. The topological polar surface area (TPSA) is 229 Å². The zero-order valence-corrected chi connectivity index (χ0v) is 31.4. The van der Waals surface area contributed by atoms with Crippen molar-refractivity contribution >= 4 is 35.4 Å². The van der Waals surface area contributed by atoms with E-state index in [0.29, 0.717) is 83.1 Å². The van der Waals surface area contributed by atoms with E-state index in [0.717, 1.165) is 12.0 Å². The van der Waals surface area contributed by atoms with Crippen LogP contribution >= 0.6 is 0 Å². The molecule has 16 nitrogen and oxygen atoms in total. The van der Waals surface area contributed by atoms with Gasteiger partial charge in [0.05, 0.1) is 12.4 Å². The normalized spacial score (nSPS) is 22.4. The molecule has 0 spiro atoms. The molecule has 294 valence electrons. The SMILES string of the molecule is CCC(C)[C@H](NC(=O)[C@H](N)Cc1ccccc1)C(=O)N1CCCC[C@@H]1C(=O)N1CCCC[C@H]1C(=O)N[C@@H](Cc1cnc[nH]1)C(=O)N1CCC[C@H]1C(=O)NN. The van der Waals surface area contributed by atoms with Gasteiger partial charge in [-0.1, -0.05) is 50.6 Å². The number of nitrogens with one attached hydrogen (secondary N) is 4. The number of hydrogen-bond donors (Lipinski definition) is 6. The number of amides is 6. The molecule has 0 aliphatic carbocycles. The third-order valence-corrected chi connectivity index (χ3v) is 11.1. The first-order valence-electron chi connectivity index (χ1n) is 19.3. The van der Waals surface area contributed by atoms with Crippen LogP contribution in [0.2, 0.25) is 0 Å². The van der Waals surface area contributed by atoms with E-state index in [1.54, 1.807) is 16.0 Å². The van der Waals surface area contributed by atoms with E-state index < -0.39 is 59.9 Å². The molecule has 1 aromatic carbocycles. The molecule has 3 aliphatic rings. The molecule has 0 radical (unpaired) electrons. The van der Waals surface area contributed by atoms with E-state index in [4.69, 9.17) is 11.6 Å². The number of aromatic nitrogens is 2. The summed E-state index contributed by atoms with van der Waals surface area (Å²) in [7, 11) is 0. The number of benzene rings is 1. The highest BCUT2D eigenvalue weighted by molar-refractivity contribution is 5.97. The van der Waals surface area contributed by atoms with Gasteiger partial charge in [-0.15, -0.1) is 0 Å². The lowest BCUT2D eigenvalue weighted by molar-refractivity contribution is -0.154. The molecule has 3 fully saturated rings. The maximum Gasteiger partial charge on any atom is 0.256 e. The van der Waals surface area contributed by atoms with Gasteiger partial charge in [0.25, 0.3) is 5.91 Å². The average molecular weight is 749 g/mol. The third kappa shape index (κ3) is 9.63. The van der Waals surface area contributed by atoms with Crippen molar-refractivity contribution in [2.45, 2.75) is 121 Å². The fourth-order valence-electron chi connectivity index (χ4n) is 7.88. The van der Waals surface area contributed by atoms with Crippen molar-refractivity contribution in [1.29, 1.82) is 0 Å². The van der Waals surface area contributed by atoms with E-state index in [1.807, 2.05) is 44.2 Å². The monoisotopic (exact) mass is 748 g/mol. The van der Waals surface area contributed by atoms with Crippen molar-refractivity contribution < 1.29 is 28.8 Å². The summed E-state index contributed by atoms with van der Waals surface area (Å²) in [6.07, 6.45) is 8.74. The van der Waals surface area contributed by atoms with Crippen LogP contribution < -0.4 is 27.6 Å². The second-order valence-corrected chi connectivity index (χ2v) is 14.8. The summed E-state index contributed by atoms with van der Waals surface area (Å²) in [6, 6.07) is 4.20. The average Bonchev–Trinajstić information content (AvgIpc) is 3.91. The number of likely N-dealkylation sites (tertiary alicyclic amines) is 3. The number of H-pyrrole nitrogens is 1. The number of rotatable bonds is 14.